The van der Waals surface area contributed by atoms with Gasteiger partial charge in [-0.25, -0.2) is 4.52 Å². The van der Waals surface area contributed by atoms with E-state index in [2.05, 4.69) is 26.5 Å². The summed E-state index contributed by atoms with van der Waals surface area (Å²) < 4.78 is 53.5. The van der Waals surface area contributed by atoms with Crippen LogP contribution in [0.5, 0.6) is 5.75 Å². The molecule has 2 N–H and O–H groups in total. The van der Waals surface area contributed by atoms with E-state index in [0.29, 0.717) is 16.1 Å². The van der Waals surface area contributed by atoms with Crippen LogP contribution in [0.3, 0.4) is 0 Å². The van der Waals surface area contributed by atoms with Crippen molar-refractivity contribution in [3.63, 3.8) is 0 Å². The van der Waals surface area contributed by atoms with Crippen LogP contribution in [0.4, 0.5) is 18.9 Å². The highest BCUT2D eigenvalue weighted by molar-refractivity contribution is 6.31. The van der Waals surface area contributed by atoms with Crippen molar-refractivity contribution in [3.8, 4) is 22.9 Å². The largest absolute Gasteiger partial charge is 0.522 e. The monoisotopic (exact) mass is 646 g/mol. The van der Waals surface area contributed by atoms with Crippen molar-refractivity contribution in [2.45, 2.75) is 18.8 Å². The van der Waals surface area contributed by atoms with Gasteiger partial charge in [0, 0.05) is 60.8 Å². The second kappa shape index (κ2) is 14.2. The average Bonchev–Trinajstić information content (AvgIpc) is 3.42. The van der Waals surface area contributed by atoms with E-state index in [9.17, 15) is 32.8 Å². The summed E-state index contributed by atoms with van der Waals surface area (Å²) in [5, 5.41) is 19.0. The number of carbonyl (C=O) groups excluding carboxylic acids is 2. The van der Waals surface area contributed by atoms with Crippen LogP contribution in [-0.2, 0) is 14.3 Å². The maximum Gasteiger partial charge on any atom is 0.522 e. The number of hydrogen-bond acceptors (Lipinski definition) is 8. The molecule has 12 nitrogen and oxygen atoms in total. The van der Waals surface area contributed by atoms with Crippen LogP contribution in [0, 0.1) is 11.3 Å². The summed E-state index contributed by atoms with van der Waals surface area (Å²) in [5.74, 6) is -1.08. The number of amides is 2. The van der Waals surface area contributed by atoms with Crippen molar-refractivity contribution < 1.29 is 37.0 Å². The average molecular weight is 647 g/mol. The van der Waals surface area contributed by atoms with Gasteiger partial charge in [-0.05, 0) is 30.3 Å². The molecule has 16 heteroatoms. The molecule has 0 saturated heterocycles. The molecular formula is C29H26ClF3N6O6. The quantitative estimate of drug-likeness (QED) is 0.218. The lowest BCUT2D eigenvalue weighted by atomic mass is 10.00. The van der Waals surface area contributed by atoms with Crippen molar-refractivity contribution in [2.24, 2.45) is 0 Å². The number of rotatable bonds is 12. The Morgan fingerprint density at radius 2 is 1.91 bits per heavy atom. The molecule has 0 fully saturated rings. The molecule has 4 aromatic rings. The lowest BCUT2D eigenvalue weighted by Crippen LogP contribution is -2.34. The highest BCUT2D eigenvalue weighted by Gasteiger charge is 2.29. The fourth-order valence-electron chi connectivity index (χ4n) is 4.49. The molecule has 45 heavy (non-hydrogen) atoms. The SMILES string of the molecule is COCCC(C(=O)Nc1ccn2ncc(C(=O)NCCOC(F)(F)F)c2c1)n1cc(OC)c(-c2cc(Cl)ccc2C#N)cc1=O. The summed E-state index contributed by atoms with van der Waals surface area (Å²) in [6, 6.07) is 9.81. The van der Waals surface area contributed by atoms with Crippen molar-refractivity contribution in [1.29, 1.82) is 5.26 Å². The van der Waals surface area contributed by atoms with Crippen molar-refractivity contribution in [3.05, 3.63) is 81.5 Å². The van der Waals surface area contributed by atoms with E-state index < -0.39 is 42.9 Å². The van der Waals surface area contributed by atoms with E-state index in [1.807, 2.05) is 0 Å². The Hall–Kier alpha value is -4.91. The van der Waals surface area contributed by atoms with Gasteiger partial charge in [0.05, 0.1) is 48.8 Å². The van der Waals surface area contributed by atoms with Crippen LogP contribution in [0.25, 0.3) is 16.6 Å². The zero-order valence-corrected chi connectivity index (χ0v) is 24.6. The van der Waals surface area contributed by atoms with Crippen LogP contribution in [-0.4, -0.2) is 66.3 Å². The number of aromatic nitrogens is 3. The lowest BCUT2D eigenvalue weighted by molar-refractivity contribution is -0.323. The van der Waals surface area contributed by atoms with E-state index in [0.717, 1.165) is 0 Å². The van der Waals surface area contributed by atoms with E-state index in [1.165, 1.54) is 72.2 Å². The molecule has 0 bridgehead atoms. The van der Waals surface area contributed by atoms with E-state index in [4.69, 9.17) is 21.1 Å². The number of pyridine rings is 2. The maximum absolute atomic E-state index is 13.6. The molecular weight excluding hydrogens is 621 g/mol. The second-order valence-corrected chi connectivity index (χ2v) is 9.88. The number of carbonyl (C=O) groups is 2. The molecule has 3 aromatic heterocycles. The van der Waals surface area contributed by atoms with Gasteiger partial charge in [-0.15, -0.1) is 13.2 Å². The summed E-state index contributed by atoms with van der Waals surface area (Å²) in [5.41, 5.74) is 0.944. The molecule has 1 unspecified atom stereocenters. The number of nitrogens with zero attached hydrogens (tertiary/aromatic N) is 4. The molecule has 0 saturated carbocycles. The number of ether oxygens (including phenoxy) is 3. The fourth-order valence-corrected chi connectivity index (χ4v) is 4.67. The molecule has 1 aromatic carbocycles. The van der Waals surface area contributed by atoms with Crippen molar-refractivity contribution >= 4 is 34.6 Å². The van der Waals surface area contributed by atoms with E-state index in [1.54, 1.807) is 6.07 Å². The third kappa shape index (κ3) is 7.98. The van der Waals surface area contributed by atoms with Crippen LogP contribution in [0.15, 0.2) is 59.8 Å². The summed E-state index contributed by atoms with van der Waals surface area (Å²) in [7, 11) is 2.83. The topological polar surface area (TPSA) is 149 Å². The Bertz CT molecular complexity index is 1820. The molecule has 0 spiro atoms. The smallest absolute Gasteiger partial charge is 0.495 e. The zero-order valence-electron chi connectivity index (χ0n) is 23.9. The van der Waals surface area contributed by atoms with Gasteiger partial charge < -0.3 is 20.1 Å². The van der Waals surface area contributed by atoms with Crippen LogP contribution in [0.1, 0.15) is 28.4 Å². The highest BCUT2D eigenvalue weighted by Crippen LogP contribution is 2.33. The Kier molecular flexibility index (Phi) is 10.4. The Morgan fingerprint density at radius 3 is 2.60 bits per heavy atom. The molecule has 3 heterocycles. The molecule has 0 radical (unpaired) electrons. The van der Waals surface area contributed by atoms with Gasteiger partial charge >= 0.3 is 6.36 Å². The number of fused-ring (bicyclic) bond motifs is 1. The Morgan fingerprint density at radius 1 is 1.13 bits per heavy atom. The van der Waals surface area contributed by atoms with Crippen LogP contribution in [0.2, 0.25) is 5.02 Å². The Labute approximate surface area is 258 Å². The molecule has 0 aliphatic carbocycles. The number of nitriles is 1. The third-order valence-electron chi connectivity index (χ3n) is 6.58. The highest BCUT2D eigenvalue weighted by atomic mass is 35.5. The summed E-state index contributed by atoms with van der Waals surface area (Å²) in [6.45, 7) is -1.06. The number of halogens is 4. The molecule has 0 aliphatic heterocycles. The van der Waals surface area contributed by atoms with Crippen molar-refractivity contribution in [1.82, 2.24) is 19.5 Å². The van der Waals surface area contributed by atoms with Gasteiger partial charge in [0.25, 0.3) is 11.5 Å². The van der Waals surface area contributed by atoms with Gasteiger partial charge in [0.1, 0.15) is 11.8 Å². The zero-order chi connectivity index (χ0) is 32.7. The minimum Gasteiger partial charge on any atom is -0.495 e. The van der Waals surface area contributed by atoms with Gasteiger partial charge in [-0.3, -0.25) is 23.7 Å². The molecule has 236 valence electrons. The molecule has 4 rings (SSSR count). The number of nitrogens with one attached hydrogen (secondary N) is 2. The predicted octanol–water partition coefficient (Wildman–Crippen LogP) is 4.18. The van der Waals surface area contributed by atoms with E-state index >= 15 is 0 Å². The minimum absolute atomic E-state index is 0.0448. The number of alkyl halides is 3. The maximum atomic E-state index is 13.6. The van der Waals surface area contributed by atoms with Crippen molar-refractivity contribution in [2.75, 3.05) is 39.3 Å². The van der Waals surface area contributed by atoms with E-state index in [-0.39, 0.29) is 41.1 Å². The van der Waals surface area contributed by atoms with Crippen LogP contribution >= 0.6 is 11.6 Å². The predicted molar refractivity (Wildman–Crippen MR) is 156 cm³/mol. The minimum atomic E-state index is -4.82. The number of benzene rings is 1. The Balaban J connectivity index is 1.61. The first-order chi connectivity index (χ1) is 21.4. The fraction of sp³-hybridized carbons (Fsp3) is 0.276. The first-order valence-corrected chi connectivity index (χ1v) is 13.6. The van der Waals surface area contributed by atoms with Gasteiger partial charge in [0.2, 0.25) is 5.91 Å². The summed E-state index contributed by atoms with van der Waals surface area (Å²) in [4.78, 5) is 39.6. The number of hydrogen-bond donors (Lipinski definition) is 2. The molecule has 1 atom stereocenters. The standard InChI is InChI=1S/C29H26ClF3N6O6/c1-43-9-6-23(38-16-25(44-2)21(13-26(38)40)20-11-18(30)4-3-17(20)14-34)28(42)37-19-5-8-39-24(12-19)22(15-36-39)27(41)35-7-10-45-29(31,32)33/h3-5,8,11-13,15-16,23H,6-7,9-10H2,1-2H3,(H,35,41)(H,37,42). The second-order valence-electron chi connectivity index (χ2n) is 9.44. The first-order valence-electron chi connectivity index (χ1n) is 13.2. The summed E-state index contributed by atoms with van der Waals surface area (Å²) >= 11 is 6.15. The van der Waals surface area contributed by atoms with Gasteiger partial charge in [0.15, 0.2) is 0 Å². The lowest BCUT2D eigenvalue weighted by Gasteiger charge is -2.21. The number of methoxy groups -OCH3 is 2. The normalized spacial score (nSPS) is 12.0. The molecule has 2 amide bonds. The summed E-state index contributed by atoms with van der Waals surface area (Å²) in [6.07, 6.45) is -0.662. The first kappa shape index (κ1) is 33.0. The molecule has 0 aliphatic rings. The van der Waals surface area contributed by atoms with Crippen LogP contribution < -0.4 is 20.9 Å². The number of anilines is 1. The van der Waals surface area contributed by atoms with Gasteiger partial charge in [-0.2, -0.15) is 10.4 Å². The van der Waals surface area contributed by atoms with Gasteiger partial charge in [-0.1, -0.05) is 11.6 Å². The third-order valence-corrected chi connectivity index (χ3v) is 6.81.